The van der Waals surface area contributed by atoms with Crippen molar-refractivity contribution in [2.75, 3.05) is 52.8 Å². The van der Waals surface area contributed by atoms with Crippen LogP contribution in [0.2, 0.25) is 0 Å². The molecule has 23 heavy (non-hydrogen) atoms. The van der Waals surface area contributed by atoms with Gasteiger partial charge in [0.1, 0.15) is 6.61 Å². The summed E-state index contributed by atoms with van der Waals surface area (Å²) in [4.78, 5) is 21.4. The fraction of sp³-hybridized carbons (Fsp3) is 0.857. The lowest BCUT2D eigenvalue weighted by molar-refractivity contribution is -0.152. The maximum absolute atomic E-state index is 10.9. The molecule has 0 aromatic rings. The van der Waals surface area contributed by atoms with E-state index in [0.717, 1.165) is 6.42 Å². The summed E-state index contributed by atoms with van der Waals surface area (Å²) in [7, 11) is 0. The number of aliphatic carboxylic acids is 1. The van der Waals surface area contributed by atoms with Crippen molar-refractivity contribution >= 4 is 11.9 Å². The quantitative estimate of drug-likeness (QED) is 0.291. The molecular weight excluding hydrogens is 308 g/mol. The lowest BCUT2D eigenvalue weighted by Gasteiger charge is -2.12. The summed E-state index contributed by atoms with van der Waals surface area (Å²) in [5, 5.41) is 8.91. The number of nitrogens with two attached hydrogens (primary N) is 2. The third kappa shape index (κ3) is 15.4. The Morgan fingerprint density at radius 2 is 1.43 bits per heavy atom. The first-order valence-electron chi connectivity index (χ1n) is 7.64. The minimum Gasteiger partial charge on any atom is -0.479 e. The zero-order valence-corrected chi connectivity index (χ0v) is 13.4. The Labute approximate surface area is 136 Å². The van der Waals surface area contributed by atoms with E-state index in [1.54, 1.807) is 0 Å². The van der Waals surface area contributed by atoms with Gasteiger partial charge in [0.15, 0.2) is 6.10 Å². The molecule has 0 aliphatic carbocycles. The number of rotatable bonds is 17. The highest BCUT2D eigenvalue weighted by atomic mass is 16.5. The molecule has 0 spiro atoms. The van der Waals surface area contributed by atoms with Crippen LogP contribution in [-0.2, 0) is 28.5 Å². The molecule has 9 heteroatoms. The molecular formula is C14H28N2O7. The van der Waals surface area contributed by atoms with E-state index in [2.05, 4.69) is 0 Å². The first-order chi connectivity index (χ1) is 11.1. The first-order valence-corrected chi connectivity index (χ1v) is 7.64. The Bertz CT molecular complexity index is 316. The second-order valence-corrected chi connectivity index (χ2v) is 4.73. The fourth-order valence-electron chi connectivity index (χ4n) is 1.56. The molecule has 136 valence electrons. The normalized spacial score (nSPS) is 12.2. The first kappa shape index (κ1) is 21.7. The van der Waals surface area contributed by atoms with Crippen molar-refractivity contribution in [2.45, 2.75) is 25.4 Å². The van der Waals surface area contributed by atoms with Crippen molar-refractivity contribution in [3.05, 3.63) is 0 Å². The van der Waals surface area contributed by atoms with E-state index in [4.69, 9.17) is 35.5 Å². The van der Waals surface area contributed by atoms with Crippen LogP contribution >= 0.6 is 0 Å². The van der Waals surface area contributed by atoms with E-state index < -0.39 is 24.6 Å². The van der Waals surface area contributed by atoms with Gasteiger partial charge in [0.25, 0.3) is 0 Å². The molecule has 0 saturated heterocycles. The van der Waals surface area contributed by atoms with Crippen LogP contribution in [0.3, 0.4) is 0 Å². The van der Waals surface area contributed by atoms with Gasteiger partial charge in [0.05, 0.1) is 26.4 Å². The van der Waals surface area contributed by atoms with E-state index in [-0.39, 0.29) is 6.42 Å². The molecule has 9 nitrogen and oxygen atoms in total. The van der Waals surface area contributed by atoms with E-state index in [1.807, 2.05) is 0 Å². The molecule has 0 radical (unpaired) electrons. The Morgan fingerprint density at radius 3 is 1.91 bits per heavy atom. The molecule has 0 aliphatic rings. The molecule has 1 unspecified atom stereocenters. The molecule has 0 aromatic carbocycles. The Hall–Kier alpha value is -1.26. The fourth-order valence-corrected chi connectivity index (χ4v) is 1.56. The van der Waals surface area contributed by atoms with Crippen LogP contribution < -0.4 is 11.5 Å². The molecule has 0 aromatic heterocycles. The van der Waals surface area contributed by atoms with Gasteiger partial charge < -0.3 is 35.5 Å². The van der Waals surface area contributed by atoms with Gasteiger partial charge in [-0.1, -0.05) is 0 Å². The minimum atomic E-state index is -1.12. The van der Waals surface area contributed by atoms with Crippen molar-refractivity contribution in [1.82, 2.24) is 0 Å². The van der Waals surface area contributed by atoms with Crippen molar-refractivity contribution in [3.8, 4) is 0 Å². The van der Waals surface area contributed by atoms with Gasteiger partial charge in [-0.3, -0.25) is 4.79 Å². The van der Waals surface area contributed by atoms with E-state index in [1.165, 1.54) is 0 Å². The highest BCUT2D eigenvalue weighted by molar-refractivity contribution is 5.76. The summed E-state index contributed by atoms with van der Waals surface area (Å²) < 4.78 is 20.8. The van der Waals surface area contributed by atoms with Crippen LogP contribution in [0.15, 0.2) is 0 Å². The van der Waals surface area contributed by atoms with Crippen LogP contribution in [0.25, 0.3) is 0 Å². The molecule has 5 N–H and O–H groups in total. The van der Waals surface area contributed by atoms with Crippen LogP contribution in [-0.4, -0.2) is 75.9 Å². The van der Waals surface area contributed by atoms with E-state index in [0.29, 0.717) is 52.6 Å². The number of carboxylic acids is 1. The number of ether oxygens (including phenoxy) is 4. The minimum absolute atomic E-state index is 0.248. The molecule has 0 aliphatic heterocycles. The van der Waals surface area contributed by atoms with Crippen molar-refractivity contribution in [3.63, 3.8) is 0 Å². The van der Waals surface area contributed by atoms with E-state index in [9.17, 15) is 9.59 Å². The highest BCUT2D eigenvalue weighted by Gasteiger charge is 2.18. The largest absolute Gasteiger partial charge is 0.479 e. The predicted octanol–water partition coefficient (Wildman–Crippen LogP) is -0.880. The summed E-state index contributed by atoms with van der Waals surface area (Å²) in [5.74, 6) is -1.82. The van der Waals surface area contributed by atoms with Crippen LogP contribution in [0.1, 0.15) is 19.3 Å². The lowest BCUT2D eigenvalue weighted by atomic mass is 10.2. The molecule has 0 heterocycles. The average molecular weight is 336 g/mol. The summed E-state index contributed by atoms with van der Waals surface area (Å²) in [6.45, 7) is 3.12. The summed E-state index contributed by atoms with van der Waals surface area (Å²) in [5.41, 5.74) is 10.2. The zero-order valence-electron chi connectivity index (χ0n) is 13.4. The Kier molecular flexibility index (Phi) is 14.8. The van der Waals surface area contributed by atoms with E-state index >= 15 is 0 Å². The standard InChI is InChI=1S/C14H28N2O7/c15-4-2-6-21-8-10-22-9-7-20-5-1-3-12(14(18)19)23-11-13(16)17/h12H,1-11,15H2,(H2,16,17)(H,18,19). The van der Waals surface area contributed by atoms with Crippen LogP contribution in [0.4, 0.5) is 0 Å². The monoisotopic (exact) mass is 336 g/mol. The van der Waals surface area contributed by atoms with Crippen molar-refractivity contribution in [2.24, 2.45) is 11.5 Å². The smallest absolute Gasteiger partial charge is 0.332 e. The number of hydrogen-bond acceptors (Lipinski definition) is 7. The van der Waals surface area contributed by atoms with Crippen LogP contribution in [0.5, 0.6) is 0 Å². The third-order valence-corrected chi connectivity index (χ3v) is 2.69. The second-order valence-electron chi connectivity index (χ2n) is 4.73. The molecule has 0 saturated carbocycles. The highest BCUT2D eigenvalue weighted by Crippen LogP contribution is 2.03. The molecule has 0 bridgehead atoms. The molecule has 0 rings (SSSR count). The SMILES string of the molecule is NCCCOCCOCCOCCCC(OCC(N)=O)C(=O)O. The van der Waals surface area contributed by atoms with Gasteiger partial charge >= 0.3 is 5.97 Å². The Morgan fingerprint density at radius 1 is 0.913 bits per heavy atom. The van der Waals surface area contributed by atoms with Gasteiger partial charge in [-0.05, 0) is 25.8 Å². The molecule has 1 amide bonds. The average Bonchev–Trinajstić information content (AvgIpc) is 2.50. The lowest BCUT2D eigenvalue weighted by Crippen LogP contribution is -2.29. The molecule has 1 atom stereocenters. The number of amides is 1. The number of primary amides is 1. The third-order valence-electron chi connectivity index (χ3n) is 2.69. The van der Waals surface area contributed by atoms with Crippen LogP contribution in [0, 0.1) is 0 Å². The maximum atomic E-state index is 10.9. The van der Waals surface area contributed by atoms with Crippen molar-refractivity contribution < 1.29 is 33.6 Å². The number of carbonyl (C=O) groups is 2. The number of carboxylic acid groups (broad SMARTS) is 1. The van der Waals surface area contributed by atoms with Gasteiger partial charge in [0.2, 0.25) is 5.91 Å². The summed E-state index contributed by atoms with van der Waals surface area (Å²) in [6, 6.07) is 0. The maximum Gasteiger partial charge on any atom is 0.332 e. The zero-order chi connectivity index (χ0) is 17.3. The number of carbonyl (C=O) groups excluding carboxylic acids is 1. The van der Waals surface area contributed by atoms with Gasteiger partial charge in [-0.2, -0.15) is 0 Å². The topological polar surface area (TPSA) is 143 Å². The summed E-state index contributed by atoms with van der Waals surface area (Å²) in [6.07, 6.45) is 0.535. The second kappa shape index (κ2) is 15.6. The van der Waals surface area contributed by atoms with Gasteiger partial charge in [-0.25, -0.2) is 4.79 Å². The number of hydrogen-bond donors (Lipinski definition) is 3. The Balaban J connectivity index is 3.39. The summed E-state index contributed by atoms with van der Waals surface area (Å²) >= 11 is 0. The van der Waals surface area contributed by atoms with Crippen molar-refractivity contribution in [1.29, 1.82) is 0 Å². The predicted molar refractivity (Wildman–Crippen MR) is 81.9 cm³/mol. The van der Waals surface area contributed by atoms with Gasteiger partial charge in [0, 0.05) is 13.2 Å². The molecule has 0 fully saturated rings. The van der Waals surface area contributed by atoms with Gasteiger partial charge in [-0.15, -0.1) is 0 Å².